The Bertz CT molecular complexity index is 856. The second-order valence-corrected chi connectivity index (χ2v) is 7.23. The zero-order valence-electron chi connectivity index (χ0n) is 12.0. The molecule has 1 aliphatic rings. The van der Waals surface area contributed by atoms with Gasteiger partial charge in [0.05, 0.1) is 12.8 Å². The Balaban J connectivity index is 1.72. The Morgan fingerprint density at radius 1 is 1.23 bits per heavy atom. The SMILES string of the molecule is COc1cc2c(cc1NCC1CC1(Cl)Cl)oc1ccccc12. The summed E-state index contributed by atoms with van der Waals surface area (Å²) >= 11 is 12.1. The molecule has 0 spiro atoms. The van der Waals surface area contributed by atoms with Gasteiger partial charge in [-0.1, -0.05) is 18.2 Å². The molecule has 1 aliphatic carbocycles. The lowest BCUT2D eigenvalue weighted by atomic mass is 10.1. The van der Waals surface area contributed by atoms with Crippen molar-refractivity contribution in [3.05, 3.63) is 36.4 Å². The molecular weight excluding hydrogens is 321 g/mol. The Morgan fingerprint density at radius 2 is 2.00 bits per heavy atom. The monoisotopic (exact) mass is 335 g/mol. The quantitative estimate of drug-likeness (QED) is 0.665. The lowest BCUT2D eigenvalue weighted by molar-refractivity contribution is 0.417. The summed E-state index contributed by atoms with van der Waals surface area (Å²) in [6.45, 7) is 0.717. The zero-order valence-corrected chi connectivity index (χ0v) is 13.5. The number of anilines is 1. The first kappa shape index (κ1) is 14.0. The van der Waals surface area contributed by atoms with Crippen LogP contribution in [0.25, 0.3) is 21.9 Å². The van der Waals surface area contributed by atoms with Crippen LogP contribution in [0.5, 0.6) is 5.75 Å². The number of ether oxygens (including phenoxy) is 1. The van der Waals surface area contributed by atoms with Crippen LogP contribution in [0.1, 0.15) is 6.42 Å². The van der Waals surface area contributed by atoms with E-state index in [2.05, 4.69) is 5.32 Å². The van der Waals surface area contributed by atoms with Gasteiger partial charge in [0, 0.05) is 29.3 Å². The minimum atomic E-state index is -0.580. The van der Waals surface area contributed by atoms with Gasteiger partial charge in [-0.25, -0.2) is 0 Å². The van der Waals surface area contributed by atoms with Crippen LogP contribution in [0.15, 0.2) is 40.8 Å². The molecule has 2 aromatic carbocycles. The molecule has 4 rings (SSSR count). The predicted octanol–water partition coefficient (Wildman–Crippen LogP) is 5.20. The average Bonchev–Trinajstić information content (AvgIpc) is 2.97. The third kappa shape index (κ3) is 2.29. The number of hydrogen-bond acceptors (Lipinski definition) is 3. The summed E-state index contributed by atoms with van der Waals surface area (Å²) < 4.78 is 10.8. The summed E-state index contributed by atoms with van der Waals surface area (Å²) in [4.78, 5) is 0. The van der Waals surface area contributed by atoms with Gasteiger partial charge < -0.3 is 14.5 Å². The van der Waals surface area contributed by atoms with E-state index in [4.69, 9.17) is 32.4 Å². The fourth-order valence-corrected chi connectivity index (χ4v) is 3.31. The van der Waals surface area contributed by atoms with E-state index < -0.39 is 4.33 Å². The summed E-state index contributed by atoms with van der Waals surface area (Å²) in [5.41, 5.74) is 2.60. The van der Waals surface area contributed by atoms with Gasteiger partial charge in [-0.05, 0) is 18.6 Å². The third-order valence-corrected chi connectivity index (χ3v) is 5.12. The molecule has 0 radical (unpaired) electrons. The first-order valence-corrected chi connectivity index (χ1v) is 7.95. The highest BCUT2D eigenvalue weighted by Crippen LogP contribution is 2.53. The minimum Gasteiger partial charge on any atom is -0.495 e. The average molecular weight is 336 g/mol. The Morgan fingerprint density at radius 3 is 2.73 bits per heavy atom. The molecule has 1 atom stereocenters. The molecule has 3 aromatic rings. The van der Waals surface area contributed by atoms with Crippen molar-refractivity contribution in [1.29, 1.82) is 0 Å². The topological polar surface area (TPSA) is 34.4 Å². The highest BCUT2D eigenvalue weighted by atomic mass is 35.5. The van der Waals surface area contributed by atoms with Crippen LogP contribution in [0, 0.1) is 5.92 Å². The summed E-state index contributed by atoms with van der Waals surface area (Å²) in [5, 5.41) is 5.50. The molecule has 0 saturated heterocycles. The Kier molecular flexibility index (Phi) is 3.17. The second kappa shape index (κ2) is 4.97. The van der Waals surface area contributed by atoms with Crippen molar-refractivity contribution in [3.63, 3.8) is 0 Å². The minimum absolute atomic E-state index is 0.270. The fourth-order valence-electron chi connectivity index (χ4n) is 2.78. The van der Waals surface area contributed by atoms with E-state index in [9.17, 15) is 0 Å². The van der Waals surface area contributed by atoms with Crippen LogP contribution in [0.2, 0.25) is 0 Å². The number of furan rings is 1. The molecule has 22 heavy (non-hydrogen) atoms. The molecule has 1 saturated carbocycles. The summed E-state index contributed by atoms with van der Waals surface area (Å²) in [6, 6.07) is 12.0. The lowest BCUT2D eigenvalue weighted by Crippen LogP contribution is -2.08. The molecule has 5 heteroatoms. The van der Waals surface area contributed by atoms with E-state index in [0.29, 0.717) is 0 Å². The number of fused-ring (bicyclic) bond motifs is 3. The number of rotatable bonds is 4. The van der Waals surface area contributed by atoms with E-state index in [0.717, 1.165) is 46.3 Å². The van der Waals surface area contributed by atoms with Crippen molar-refractivity contribution in [2.45, 2.75) is 10.8 Å². The smallest absolute Gasteiger partial charge is 0.142 e. The van der Waals surface area contributed by atoms with Crippen molar-refractivity contribution >= 4 is 50.8 Å². The summed E-state index contributed by atoms with van der Waals surface area (Å²) in [7, 11) is 1.67. The van der Waals surface area contributed by atoms with Crippen LogP contribution in [-0.2, 0) is 0 Å². The maximum Gasteiger partial charge on any atom is 0.142 e. The van der Waals surface area contributed by atoms with Crippen LogP contribution < -0.4 is 10.1 Å². The maximum atomic E-state index is 6.07. The maximum absolute atomic E-state index is 6.07. The van der Waals surface area contributed by atoms with Gasteiger partial charge in [0.15, 0.2) is 0 Å². The standard InChI is InChI=1S/C17H15Cl2NO2/c1-21-16-6-12-11-4-2-3-5-14(11)22-15(12)7-13(16)20-9-10-8-17(10,18)19/h2-7,10,20H,8-9H2,1H3. The molecule has 3 nitrogen and oxygen atoms in total. The highest BCUT2D eigenvalue weighted by molar-refractivity contribution is 6.50. The van der Waals surface area contributed by atoms with Crippen molar-refractivity contribution < 1.29 is 9.15 Å². The normalized spacial score (nSPS) is 19.5. The number of alkyl halides is 2. The Labute approximate surface area is 138 Å². The predicted molar refractivity (Wildman–Crippen MR) is 91.3 cm³/mol. The largest absolute Gasteiger partial charge is 0.495 e. The van der Waals surface area contributed by atoms with E-state index >= 15 is 0 Å². The summed E-state index contributed by atoms with van der Waals surface area (Å²) in [6.07, 6.45) is 0.818. The van der Waals surface area contributed by atoms with Gasteiger partial charge in [-0.2, -0.15) is 0 Å². The van der Waals surface area contributed by atoms with Crippen molar-refractivity contribution in [2.75, 3.05) is 19.0 Å². The molecule has 1 unspecified atom stereocenters. The van der Waals surface area contributed by atoms with Crippen LogP contribution in [0.3, 0.4) is 0 Å². The van der Waals surface area contributed by atoms with Crippen LogP contribution in [-0.4, -0.2) is 18.0 Å². The highest BCUT2D eigenvalue weighted by Gasteiger charge is 2.51. The molecule has 0 bridgehead atoms. The lowest BCUT2D eigenvalue weighted by Gasteiger charge is -2.11. The number of hydrogen-bond donors (Lipinski definition) is 1. The van der Waals surface area contributed by atoms with Crippen molar-refractivity contribution in [1.82, 2.24) is 0 Å². The number of methoxy groups -OCH3 is 1. The molecule has 114 valence electrons. The number of para-hydroxylation sites is 1. The third-order valence-electron chi connectivity index (χ3n) is 4.19. The number of benzene rings is 2. The number of halogens is 2. The molecule has 1 N–H and O–H groups in total. The zero-order chi connectivity index (χ0) is 15.3. The molecule has 1 fully saturated rings. The Hall–Kier alpha value is -1.58. The van der Waals surface area contributed by atoms with E-state index in [-0.39, 0.29) is 5.92 Å². The first-order valence-electron chi connectivity index (χ1n) is 7.19. The fraction of sp³-hybridized carbons (Fsp3) is 0.294. The first-order chi connectivity index (χ1) is 10.6. The number of nitrogens with one attached hydrogen (secondary N) is 1. The van der Waals surface area contributed by atoms with E-state index in [1.54, 1.807) is 7.11 Å². The van der Waals surface area contributed by atoms with Gasteiger partial charge >= 0.3 is 0 Å². The van der Waals surface area contributed by atoms with Gasteiger partial charge in [0.1, 0.15) is 21.2 Å². The second-order valence-electron chi connectivity index (χ2n) is 5.69. The molecular formula is C17H15Cl2NO2. The van der Waals surface area contributed by atoms with Gasteiger partial charge in [0.25, 0.3) is 0 Å². The van der Waals surface area contributed by atoms with Crippen molar-refractivity contribution in [3.8, 4) is 5.75 Å². The van der Waals surface area contributed by atoms with Gasteiger partial charge in [-0.3, -0.25) is 0 Å². The summed E-state index contributed by atoms with van der Waals surface area (Å²) in [5.74, 6) is 1.06. The molecule has 1 heterocycles. The molecule has 0 aliphatic heterocycles. The molecule has 0 amide bonds. The van der Waals surface area contributed by atoms with E-state index in [1.807, 2.05) is 36.4 Å². The van der Waals surface area contributed by atoms with Crippen molar-refractivity contribution in [2.24, 2.45) is 5.92 Å². The van der Waals surface area contributed by atoms with Gasteiger partial charge in [-0.15, -0.1) is 23.2 Å². The van der Waals surface area contributed by atoms with E-state index in [1.165, 1.54) is 0 Å². The van der Waals surface area contributed by atoms with Crippen LogP contribution in [0.4, 0.5) is 5.69 Å². The molecule has 1 aromatic heterocycles. The van der Waals surface area contributed by atoms with Crippen LogP contribution >= 0.6 is 23.2 Å². The van der Waals surface area contributed by atoms with Gasteiger partial charge in [0.2, 0.25) is 0 Å².